The summed E-state index contributed by atoms with van der Waals surface area (Å²) in [5, 5.41) is 0. The molecule has 2 aliphatic rings. The molecule has 7 atom stereocenters. The maximum absolute atomic E-state index is 12.2. The summed E-state index contributed by atoms with van der Waals surface area (Å²) in [7, 11) is 2.92. The smallest absolute Gasteiger partial charge is 0.308 e. The van der Waals surface area contributed by atoms with Gasteiger partial charge in [-0.05, 0) is 35.4 Å². The van der Waals surface area contributed by atoms with E-state index in [9.17, 15) is 28.8 Å². The number of methoxy groups -OCH3 is 2. The zero-order valence-electron chi connectivity index (χ0n) is 31.6. The largest absolute Gasteiger partial charge is 0.493 e. The Labute approximate surface area is 316 Å². The predicted octanol–water partition coefficient (Wildman–Crippen LogP) is 3.52. The van der Waals surface area contributed by atoms with Gasteiger partial charge in [-0.3, -0.25) is 28.8 Å². The van der Waals surface area contributed by atoms with Crippen molar-refractivity contribution in [3.8, 4) is 23.0 Å². The maximum atomic E-state index is 12.2. The van der Waals surface area contributed by atoms with E-state index in [2.05, 4.69) is 0 Å². The van der Waals surface area contributed by atoms with Crippen LogP contribution in [0.15, 0.2) is 36.4 Å². The second-order valence-corrected chi connectivity index (χ2v) is 12.4. The van der Waals surface area contributed by atoms with E-state index in [-0.39, 0.29) is 19.0 Å². The molecule has 0 saturated carbocycles. The van der Waals surface area contributed by atoms with Crippen LogP contribution in [0.4, 0.5) is 0 Å². The van der Waals surface area contributed by atoms with E-state index in [4.69, 9.17) is 52.1 Å². The highest BCUT2D eigenvalue weighted by atomic mass is 16.7. The molecule has 1 saturated heterocycles. The van der Waals surface area contributed by atoms with Gasteiger partial charge < -0.3 is 52.1 Å². The first-order valence-electron chi connectivity index (χ1n) is 17.1. The number of benzene rings is 2. The number of rotatable bonds is 15. The topological polar surface area (TPSA) is 204 Å². The van der Waals surface area contributed by atoms with Crippen molar-refractivity contribution in [2.75, 3.05) is 34.0 Å². The van der Waals surface area contributed by atoms with E-state index in [1.807, 2.05) is 6.07 Å². The first-order chi connectivity index (χ1) is 26.1. The second-order valence-electron chi connectivity index (χ2n) is 12.4. The SMILES string of the molecule is COc1cc([C@@H]2Oc3c(OC)cc(/C=C/CO[C@@H]4O[C@H](COC(C)=O)[C@@H](OC(C)=O)[C@H](OC(C)=O)[C@H]4OC(C)=O)cc3[C@H]2COC(C)=O)ccc1OC(C)=O. The lowest BCUT2D eigenvalue weighted by Crippen LogP contribution is -2.62. The minimum Gasteiger partial charge on any atom is -0.493 e. The summed E-state index contributed by atoms with van der Waals surface area (Å²) < 4.78 is 61.6. The maximum Gasteiger partial charge on any atom is 0.308 e. The lowest BCUT2D eigenvalue weighted by molar-refractivity contribution is -0.305. The Balaban J connectivity index is 1.62. The molecule has 0 amide bonds. The average molecular weight is 773 g/mol. The van der Waals surface area contributed by atoms with Gasteiger partial charge in [-0.1, -0.05) is 18.2 Å². The number of esters is 6. The Morgan fingerprint density at radius 2 is 1.29 bits per heavy atom. The molecule has 1 fully saturated rings. The molecule has 2 aliphatic heterocycles. The van der Waals surface area contributed by atoms with Crippen LogP contribution in [0.3, 0.4) is 0 Å². The minimum atomic E-state index is -1.38. The molecule has 2 heterocycles. The fraction of sp³-hybridized carbons (Fsp3) is 0.474. The van der Waals surface area contributed by atoms with Gasteiger partial charge in [-0.25, -0.2) is 0 Å². The number of hydrogen-bond acceptors (Lipinski definition) is 17. The summed E-state index contributed by atoms with van der Waals surface area (Å²) >= 11 is 0. The van der Waals surface area contributed by atoms with Gasteiger partial charge in [-0.15, -0.1) is 0 Å². The van der Waals surface area contributed by atoms with Gasteiger partial charge in [0.1, 0.15) is 25.4 Å². The third-order valence-electron chi connectivity index (χ3n) is 8.19. The Bertz CT molecular complexity index is 1780. The van der Waals surface area contributed by atoms with Crippen molar-refractivity contribution in [1.82, 2.24) is 0 Å². The van der Waals surface area contributed by atoms with Gasteiger partial charge in [0, 0.05) is 47.1 Å². The zero-order chi connectivity index (χ0) is 40.4. The molecule has 0 radical (unpaired) electrons. The summed E-state index contributed by atoms with van der Waals surface area (Å²) in [4.78, 5) is 71.5. The normalized spacial score (nSPS) is 22.7. The molecule has 298 valence electrons. The monoisotopic (exact) mass is 772 g/mol. The summed E-state index contributed by atoms with van der Waals surface area (Å²) in [6.45, 7) is 6.55. The van der Waals surface area contributed by atoms with Crippen LogP contribution >= 0.6 is 0 Å². The van der Waals surface area contributed by atoms with Gasteiger partial charge >= 0.3 is 35.8 Å². The lowest BCUT2D eigenvalue weighted by Gasteiger charge is -2.43. The van der Waals surface area contributed by atoms with Crippen molar-refractivity contribution in [3.05, 3.63) is 53.1 Å². The van der Waals surface area contributed by atoms with E-state index in [0.29, 0.717) is 33.9 Å². The van der Waals surface area contributed by atoms with Crippen molar-refractivity contribution < 1.29 is 80.9 Å². The Kier molecular flexibility index (Phi) is 14.6. The molecule has 0 spiro atoms. The first kappa shape index (κ1) is 42.1. The second kappa shape index (κ2) is 19.1. The van der Waals surface area contributed by atoms with Gasteiger partial charge in [0.05, 0.1) is 26.7 Å². The number of fused-ring (bicyclic) bond motifs is 1. The van der Waals surface area contributed by atoms with Crippen LogP contribution in [0, 0.1) is 0 Å². The van der Waals surface area contributed by atoms with Crippen LogP contribution < -0.4 is 18.9 Å². The highest BCUT2D eigenvalue weighted by Gasteiger charge is 2.52. The number of ether oxygens (including phenoxy) is 11. The minimum absolute atomic E-state index is 0.0383. The first-order valence-corrected chi connectivity index (χ1v) is 17.1. The summed E-state index contributed by atoms with van der Waals surface area (Å²) in [6.07, 6.45) is -3.94. The highest BCUT2D eigenvalue weighted by Crippen LogP contribution is 2.52. The van der Waals surface area contributed by atoms with Gasteiger partial charge in [-0.2, -0.15) is 0 Å². The number of carbonyl (C=O) groups is 6. The molecule has 4 rings (SSSR count). The molecule has 55 heavy (non-hydrogen) atoms. The standard InChI is InChI=1S/C38H44O17/c1-19(39)48-17-28-27-14-25(15-31(46-8)34(27)55-33(28)26-11-12-29(50-21(3)41)30(16-26)45-7)10-9-13-47-38-37(53-24(6)44)36(52-23(5)43)35(51-22(4)42)32(54-38)18-49-20(2)40/h9-12,14-16,28,32-33,35-38H,13,17-18H2,1-8H3/b10-9+/t28-,32-,33+,35-,36+,37-,38-/m1/s1. The van der Waals surface area contributed by atoms with Crippen molar-refractivity contribution in [2.24, 2.45) is 0 Å². The van der Waals surface area contributed by atoms with E-state index in [1.165, 1.54) is 35.0 Å². The molecular weight excluding hydrogens is 728 g/mol. The van der Waals surface area contributed by atoms with E-state index in [0.717, 1.165) is 20.8 Å². The van der Waals surface area contributed by atoms with E-state index >= 15 is 0 Å². The summed E-state index contributed by atoms with van der Waals surface area (Å²) in [5.74, 6) is -3.10. The quantitative estimate of drug-likeness (QED) is 0.144. The van der Waals surface area contributed by atoms with E-state index in [1.54, 1.807) is 36.4 Å². The molecule has 0 unspecified atom stereocenters. The molecule has 0 aromatic heterocycles. The van der Waals surface area contributed by atoms with Crippen molar-refractivity contribution in [1.29, 1.82) is 0 Å². The van der Waals surface area contributed by atoms with Crippen molar-refractivity contribution >= 4 is 41.9 Å². The third kappa shape index (κ3) is 11.2. The lowest BCUT2D eigenvalue weighted by atomic mass is 9.90. The molecular formula is C38H44O17. The number of hydrogen-bond donors (Lipinski definition) is 0. The third-order valence-corrected chi connectivity index (χ3v) is 8.19. The summed E-state index contributed by atoms with van der Waals surface area (Å²) in [5.41, 5.74) is 1.97. The Morgan fingerprint density at radius 1 is 0.673 bits per heavy atom. The Morgan fingerprint density at radius 3 is 1.89 bits per heavy atom. The van der Waals surface area contributed by atoms with Crippen LogP contribution in [0.5, 0.6) is 23.0 Å². The molecule has 17 heteroatoms. The van der Waals surface area contributed by atoms with Crippen LogP contribution in [0.25, 0.3) is 6.08 Å². The fourth-order valence-electron chi connectivity index (χ4n) is 6.11. The van der Waals surface area contributed by atoms with Crippen LogP contribution in [-0.4, -0.2) is 101 Å². The number of carbonyl (C=O) groups excluding carboxylic acids is 6. The van der Waals surface area contributed by atoms with Crippen LogP contribution in [0.2, 0.25) is 0 Å². The van der Waals surface area contributed by atoms with Gasteiger partial charge in [0.2, 0.25) is 0 Å². The molecule has 0 N–H and O–H groups in total. The zero-order valence-corrected chi connectivity index (χ0v) is 31.6. The van der Waals surface area contributed by atoms with Crippen molar-refractivity contribution in [3.63, 3.8) is 0 Å². The van der Waals surface area contributed by atoms with Gasteiger partial charge in [0.15, 0.2) is 47.6 Å². The van der Waals surface area contributed by atoms with Gasteiger partial charge in [0.25, 0.3) is 0 Å². The Hall–Kier alpha value is -5.68. The predicted molar refractivity (Wildman–Crippen MR) is 187 cm³/mol. The van der Waals surface area contributed by atoms with E-state index < -0.39 is 85.2 Å². The van der Waals surface area contributed by atoms with Crippen LogP contribution in [-0.2, 0) is 61.9 Å². The fourth-order valence-corrected chi connectivity index (χ4v) is 6.11. The highest BCUT2D eigenvalue weighted by molar-refractivity contribution is 5.71. The molecule has 17 nitrogen and oxygen atoms in total. The van der Waals surface area contributed by atoms with Crippen molar-refractivity contribution in [2.45, 2.75) is 84.3 Å². The molecule has 2 aromatic rings. The molecule has 2 aromatic carbocycles. The summed E-state index contributed by atoms with van der Waals surface area (Å²) in [6, 6.07) is 8.53. The molecule has 0 aliphatic carbocycles. The average Bonchev–Trinajstić information content (AvgIpc) is 3.47. The van der Waals surface area contributed by atoms with Crippen LogP contribution in [0.1, 0.15) is 70.3 Å². The molecule has 0 bridgehead atoms.